The minimum Gasteiger partial charge on any atom is -0.476 e. The molecular formula is C11H10FN3O3. The molecule has 7 heteroatoms. The smallest absolute Gasteiger partial charge is 0.358 e. The summed E-state index contributed by atoms with van der Waals surface area (Å²) < 4.78 is 19.1. The fraction of sp³-hybridized carbons (Fsp3) is 0.182. The number of aromatic carboxylic acids is 1. The molecule has 0 fully saturated rings. The molecule has 0 aliphatic carbocycles. The van der Waals surface area contributed by atoms with Crippen molar-refractivity contribution >= 4 is 5.97 Å². The van der Waals surface area contributed by atoms with Crippen molar-refractivity contribution in [3.63, 3.8) is 0 Å². The lowest BCUT2D eigenvalue weighted by Gasteiger charge is -2.05. The van der Waals surface area contributed by atoms with Crippen molar-refractivity contribution in [3.05, 3.63) is 41.5 Å². The summed E-state index contributed by atoms with van der Waals surface area (Å²) in [6, 6.07) is 5.48. The number of benzene rings is 1. The first-order valence-corrected chi connectivity index (χ1v) is 5.06. The Morgan fingerprint density at radius 2 is 2.11 bits per heavy atom. The normalized spacial score (nSPS) is 10.6. The van der Waals surface area contributed by atoms with Gasteiger partial charge in [0.1, 0.15) is 11.5 Å². The Labute approximate surface area is 102 Å². The van der Waals surface area contributed by atoms with Crippen molar-refractivity contribution in [2.24, 2.45) is 0 Å². The molecule has 6 nitrogen and oxygen atoms in total. The lowest BCUT2D eigenvalue weighted by Crippen LogP contribution is -2.07. The van der Waals surface area contributed by atoms with E-state index in [0.717, 1.165) is 0 Å². The van der Waals surface area contributed by atoms with E-state index in [1.54, 1.807) is 0 Å². The minimum atomic E-state index is -1.18. The topological polar surface area (TPSA) is 77.2 Å². The molecule has 0 aliphatic heterocycles. The van der Waals surface area contributed by atoms with Crippen LogP contribution in [0.5, 0.6) is 0 Å². The third-order valence-electron chi connectivity index (χ3n) is 2.32. The average Bonchev–Trinajstić information content (AvgIpc) is 2.74. The van der Waals surface area contributed by atoms with Crippen LogP contribution in [0.4, 0.5) is 4.39 Å². The van der Waals surface area contributed by atoms with Crippen LogP contribution in [0.2, 0.25) is 0 Å². The van der Waals surface area contributed by atoms with Gasteiger partial charge in [-0.2, -0.15) is 0 Å². The first kappa shape index (κ1) is 12.2. The Morgan fingerprint density at radius 1 is 1.44 bits per heavy atom. The van der Waals surface area contributed by atoms with Crippen molar-refractivity contribution in [2.45, 2.75) is 6.61 Å². The first-order valence-electron chi connectivity index (χ1n) is 5.06. The summed E-state index contributed by atoms with van der Waals surface area (Å²) in [5.41, 5.74) is 0.640. The Kier molecular flexibility index (Phi) is 3.33. The highest BCUT2D eigenvalue weighted by atomic mass is 19.1. The van der Waals surface area contributed by atoms with E-state index < -0.39 is 5.97 Å². The predicted octanol–water partition coefficient (Wildman–Crippen LogP) is 1.25. The second-order valence-electron chi connectivity index (χ2n) is 3.51. The van der Waals surface area contributed by atoms with Crippen LogP contribution in [0, 0.1) is 5.82 Å². The Morgan fingerprint density at radius 3 is 2.67 bits per heavy atom. The molecule has 2 rings (SSSR count). The summed E-state index contributed by atoms with van der Waals surface area (Å²) in [5.74, 6) is -1.57. The van der Waals surface area contributed by atoms with E-state index in [4.69, 9.17) is 9.84 Å². The third kappa shape index (κ3) is 2.21. The van der Waals surface area contributed by atoms with Crippen LogP contribution in [0.25, 0.3) is 5.69 Å². The Hall–Kier alpha value is -2.28. The van der Waals surface area contributed by atoms with Crippen molar-refractivity contribution < 1.29 is 19.0 Å². The number of ether oxygens (including phenoxy) is 1. The number of carbonyl (C=O) groups is 1. The SMILES string of the molecule is COCc1c(C(=O)O)nnn1-c1ccc(F)cc1. The van der Waals surface area contributed by atoms with Crippen molar-refractivity contribution in [3.8, 4) is 5.69 Å². The second kappa shape index (κ2) is 4.92. The summed E-state index contributed by atoms with van der Waals surface area (Å²) in [4.78, 5) is 11.0. The number of carboxylic acid groups (broad SMARTS) is 1. The van der Waals surface area contributed by atoms with Gasteiger partial charge in [0.05, 0.1) is 12.3 Å². The zero-order chi connectivity index (χ0) is 13.1. The van der Waals surface area contributed by atoms with Gasteiger partial charge in [0.15, 0.2) is 5.69 Å². The van der Waals surface area contributed by atoms with E-state index in [-0.39, 0.29) is 18.1 Å². The number of carboxylic acids is 1. The van der Waals surface area contributed by atoms with Gasteiger partial charge in [-0.1, -0.05) is 5.21 Å². The summed E-state index contributed by atoms with van der Waals surface area (Å²) in [6.45, 7) is 0.0476. The monoisotopic (exact) mass is 251 g/mol. The van der Waals surface area contributed by atoms with Gasteiger partial charge in [0, 0.05) is 7.11 Å². The van der Waals surface area contributed by atoms with E-state index in [1.807, 2.05) is 0 Å². The Balaban J connectivity index is 2.50. The zero-order valence-corrected chi connectivity index (χ0v) is 9.50. The number of nitrogens with zero attached hydrogens (tertiary/aromatic N) is 3. The minimum absolute atomic E-state index is 0.0476. The average molecular weight is 251 g/mol. The molecule has 0 atom stereocenters. The highest BCUT2D eigenvalue weighted by Crippen LogP contribution is 2.14. The van der Waals surface area contributed by atoms with Crippen LogP contribution in [-0.2, 0) is 11.3 Å². The number of hydrogen-bond donors (Lipinski definition) is 1. The molecule has 0 amide bonds. The maximum absolute atomic E-state index is 12.8. The van der Waals surface area contributed by atoms with Gasteiger partial charge in [-0.3, -0.25) is 0 Å². The van der Waals surface area contributed by atoms with Gasteiger partial charge in [-0.25, -0.2) is 13.9 Å². The van der Waals surface area contributed by atoms with Crippen LogP contribution < -0.4 is 0 Å². The Bertz CT molecular complexity index is 565. The van der Waals surface area contributed by atoms with Crippen LogP contribution in [0.1, 0.15) is 16.2 Å². The van der Waals surface area contributed by atoms with Crippen molar-refractivity contribution in [1.29, 1.82) is 0 Å². The molecule has 0 bridgehead atoms. The molecule has 0 radical (unpaired) electrons. The highest BCUT2D eigenvalue weighted by Gasteiger charge is 2.19. The second-order valence-corrected chi connectivity index (χ2v) is 3.51. The summed E-state index contributed by atoms with van der Waals surface area (Å²) >= 11 is 0. The largest absolute Gasteiger partial charge is 0.476 e. The molecule has 0 spiro atoms. The van der Waals surface area contributed by atoms with Gasteiger partial charge in [-0.15, -0.1) is 5.10 Å². The lowest BCUT2D eigenvalue weighted by atomic mass is 10.3. The van der Waals surface area contributed by atoms with Crippen LogP contribution in [0.3, 0.4) is 0 Å². The maximum Gasteiger partial charge on any atom is 0.358 e. The van der Waals surface area contributed by atoms with Gasteiger partial charge >= 0.3 is 5.97 Å². The first-order chi connectivity index (χ1) is 8.63. The number of rotatable bonds is 4. The molecule has 1 aromatic heterocycles. The molecule has 1 heterocycles. The van der Waals surface area contributed by atoms with Crippen molar-refractivity contribution in [2.75, 3.05) is 7.11 Å². The zero-order valence-electron chi connectivity index (χ0n) is 9.50. The summed E-state index contributed by atoms with van der Waals surface area (Å²) in [5, 5.41) is 16.3. The van der Waals surface area contributed by atoms with Gasteiger partial charge in [0.2, 0.25) is 0 Å². The summed E-state index contributed by atoms with van der Waals surface area (Å²) in [6.07, 6.45) is 0. The molecule has 1 N–H and O–H groups in total. The number of aromatic nitrogens is 3. The molecule has 0 aliphatic rings. The molecule has 94 valence electrons. The number of methoxy groups -OCH3 is 1. The summed E-state index contributed by atoms with van der Waals surface area (Å²) in [7, 11) is 1.44. The molecule has 0 saturated heterocycles. The maximum atomic E-state index is 12.8. The quantitative estimate of drug-likeness (QED) is 0.884. The van der Waals surface area contributed by atoms with Crippen LogP contribution in [-0.4, -0.2) is 33.2 Å². The molecule has 1 aromatic carbocycles. The van der Waals surface area contributed by atoms with E-state index in [2.05, 4.69) is 10.3 Å². The van der Waals surface area contributed by atoms with E-state index >= 15 is 0 Å². The van der Waals surface area contributed by atoms with E-state index in [0.29, 0.717) is 11.4 Å². The molecular weight excluding hydrogens is 241 g/mol. The van der Waals surface area contributed by atoms with E-state index in [9.17, 15) is 9.18 Å². The lowest BCUT2D eigenvalue weighted by molar-refractivity contribution is 0.0685. The predicted molar refractivity (Wildman–Crippen MR) is 59.0 cm³/mol. The van der Waals surface area contributed by atoms with Gasteiger partial charge in [-0.05, 0) is 24.3 Å². The van der Waals surface area contributed by atoms with Gasteiger partial charge < -0.3 is 9.84 Å². The van der Waals surface area contributed by atoms with Crippen LogP contribution >= 0.6 is 0 Å². The fourth-order valence-electron chi connectivity index (χ4n) is 1.52. The molecule has 0 saturated carbocycles. The van der Waals surface area contributed by atoms with E-state index in [1.165, 1.54) is 36.1 Å². The number of hydrogen-bond acceptors (Lipinski definition) is 4. The third-order valence-corrected chi connectivity index (χ3v) is 2.32. The highest BCUT2D eigenvalue weighted by molar-refractivity contribution is 5.86. The fourth-order valence-corrected chi connectivity index (χ4v) is 1.52. The molecule has 0 unspecified atom stereocenters. The number of halogens is 1. The standard InChI is InChI=1S/C11H10FN3O3/c1-18-6-9-10(11(16)17)13-14-15(9)8-4-2-7(12)3-5-8/h2-5H,6H2,1H3,(H,16,17). The molecule has 2 aromatic rings. The van der Waals surface area contributed by atoms with Crippen molar-refractivity contribution in [1.82, 2.24) is 15.0 Å². The van der Waals surface area contributed by atoms with Crippen LogP contribution in [0.15, 0.2) is 24.3 Å². The van der Waals surface area contributed by atoms with Gasteiger partial charge in [0.25, 0.3) is 0 Å². The molecule has 18 heavy (non-hydrogen) atoms.